The fraction of sp³-hybridized carbons (Fsp3) is 0.600. The van der Waals surface area contributed by atoms with E-state index in [1.165, 1.54) is 11.3 Å². The first-order chi connectivity index (χ1) is 7.85. The van der Waals surface area contributed by atoms with Crippen LogP contribution >= 0.6 is 11.3 Å². The van der Waals surface area contributed by atoms with Gasteiger partial charge in [-0.15, -0.1) is 11.3 Å². The van der Waals surface area contributed by atoms with E-state index in [-0.39, 0.29) is 24.0 Å². The van der Waals surface area contributed by atoms with Crippen LogP contribution in [0.2, 0.25) is 0 Å². The molecule has 1 heterocycles. The zero-order valence-electron chi connectivity index (χ0n) is 10.1. The molecule has 0 saturated heterocycles. The highest BCUT2D eigenvalue weighted by atomic mass is 32.2. The molecule has 5 nitrogen and oxygen atoms in total. The molecule has 0 aromatic carbocycles. The predicted molar refractivity (Wildman–Crippen MR) is 68.2 cm³/mol. The summed E-state index contributed by atoms with van der Waals surface area (Å²) in [6.07, 6.45) is 0. The number of hydrogen-bond donors (Lipinski definition) is 1. The summed E-state index contributed by atoms with van der Waals surface area (Å²) in [5.74, 6) is -0.243. The lowest BCUT2D eigenvalue weighted by Crippen LogP contribution is -2.30. The lowest BCUT2D eigenvalue weighted by atomic mass is 10.3. The summed E-state index contributed by atoms with van der Waals surface area (Å²) in [4.78, 5) is 16.6. The third kappa shape index (κ3) is 4.08. The van der Waals surface area contributed by atoms with E-state index in [9.17, 15) is 13.2 Å². The minimum atomic E-state index is -3.03. The molecule has 0 aliphatic heterocycles. The average molecular weight is 276 g/mol. The van der Waals surface area contributed by atoms with E-state index in [4.69, 9.17) is 0 Å². The minimum Gasteiger partial charge on any atom is -0.350 e. The highest BCUT2D eigenvalue weighted by Gasteiger charge is 2.14. The van der Waals surface area contributed by atoms with Crippen LogP contribution in [-0.2, 0) is 9.84 Å². The van der Waals surface area contributed by atoms with Gasteiger partial charge in [0.25, 0.3) is 5.91 Å². The predicted octanol–water partition coefficient (Wildman–Crippen LogP) is 0.924. The number of aromatic nitrogens is 1. The zero-order valence-corrected chi connectivity index (χ0v) is 11.7. The molecule has 0 spiro atoms. The molecular weight excluding hydrogens is 260 g/mol. The van der Waals surface area contributed by atoms with Gasteiger partial charge in [-0.05, 0) is 13.8 Å². The van der Waals surface area contributed by atoms with Gasteiger partial charge in [-0.1, -0.05) is 6.92 Å². The largest absolute Gasteiger partial charge is 0.350 e. The van der Waals surface area contributed by atoms with Crippen molar-refractivity contribution < 1.29 is 13.2 Å². The Bertz CT molecular complexity index is 506. The van der Waals surface area contributed by atoms with E-state index in [1.54, 1.807) is 6.92 Å². The lowest BCUT2D eigenvalue weighted by molar-refractivity contribution is 0.0951. The van der Waals surface area contributed by atoms with E-state index in [0.717, 1.165) is 9.88 Å². The maximum Gasteiger partial charge on any atom is 0.271 e. The molecule has 96 valence electrons. The first-order valence-corrected chi connectivity index (χ1v) is 7.92. The van der Waals surface area contributed by atoms with E-state index in [1.807, 2.05) is 13.8 Å². The molecule has 1 amide bonds. The van der Waals surface area contributed by atoms with Gasteiger partial charge in [-0.3, -0.25) is 4.79 Å². The second-order valence-corrected chi connectivity index (χ2v) is 7.51. The van der Waals surface area contributed by atoms with Gasteiger partial charge in [-0.2, -0.15) is 0 Å². The van der Waals surface area contributed by atoms with Crippen LogP contribution in [-0.4, -0.2) is 37.4 Å². The van der Waals surface area contributed by atoms with Gasteiger partial charge in [0.15, 0.2) is 9.84 Å². The van der Waals surface area contributed by atoms with Crippen LogP contribution in [0.25, 0.3) is 0 Å². The van der Waals surface area contributed by atoms with Gasteiger partial charge >= 0.3 is 0 Å². The van der Waals surface area contributed by atoms with Gasteiger partial charge in [0.2, 0.25) is 0 Å². The van der Waals surface area contributed by atoms with E-state index < -0.39 is 9.84 Å². The lowest BCUT2D eigenvalue weighted by Gasteiger charge is -2.03. The Morgan fingerprint density at radius 1 is 1.41 bits per heavy atom. The van der Waals surface area contributed by atoms with Crippen LogP contribution in [0.1, 0.15) is 27.3 Å². The number of carbonyl (C=O) groups excluding carboxylic acids is 1. The zero-order chi connectivity index (χ0) is 13.1. The second kappa shape index (κ2) is 5.59. The van der Waals surface area contributed by atoms with Crippen LogP contribution in [0.15, 0.2) is 0 Å². The fourth-order valence-electron chi connectivity index (χ4n) is 1.29. The Morgan fingerprint density at radius 3 is 2.53 bits per heavy atom. The van der Waals surface area contributed by atoms with Crippen molar-refractivity contribution >= 4 is 27.1 Å². The molecule has 0 saturated carbocycles. The van der Waals surface area contributed by atoms with Crippen molar-refractivity contribution in [3.63, 3.8) is 0 Å². The molecule has 0 fully saturated rings. The van der Waals surface area contributed by atoms with Crippen molar-refractivity contribution in [3.8, 4) is 0 Å². The van der Waals surface area contributed by atoms with Crippen molar-refractivity contribution in [1.29, 1.82) is 0 Å². The molecule has 1 aromatic heterocycles. The normalized spacial score (nSPS) is 11.5. The van der Waals surface area contributed by atoms with E-state index in [2.05, 4.69) is 10.3 Å². The van der Waals surface area contributed by atoms with Gasteiger partial charge in [-0.25, -0.2) is 13.4 Å². The standard InChI is InChI=1S/C10H16N2O3S2/c1-4-17(14,15)6-5-11-10(13)9-7(2)16-8(3)12-9/h4-6H2,1-3H3,(H,11,13). The maximum absolute atomic E-state index is 11.7. The van der Waals surface area contributed by atoms with Gasteiger partial charge in [0, 0.05) is 17.2 Å². The van der Waals surface area contributed by atoms with E-state index in [0.29, 0.717) is 5.69 Å². The Morgan fingerprint density at radius 2 is 2.06 bits per heavy atom. The minimum absolute atomic E-state index is 0.0304. The molecule has 1 rings (SSSR count). The van der Waals surface area contributed by atoms with Crippen molar-refractivity contribution in [2.24, 2.45) is 0 Å². The molecule has 0 bridgehead atoms. The second-order valence-electron chi connectivity index (χ2n) is 3.63. The number of aryl methyl sites for hydroxylation is 2. The van der Waals surface area contributed by atoms with Crippen molar-refractivity contribution in [1.82, 2.24) is 10.3 Å². The Kier molecular flexibility index (Phi) is 4.64. The number of rotatable bonds is 5. The highest BCUT2D eigenvalue weighted by molar-refractivity contribution is 7.91. The molecule has 0 radical (unpaired) electrons. The van der Waals surface area contributed by atoms with E-state index >= 15 is 0 Å². The summed E-state index contributed by atoms with van der Waals surface area (Å²) in [6, 6.07) is 0. The Balaban J connectivity index is 2.54. The molecular formula is C10H16N2O3S2. The molecule has 0 aliphatic rings. The van der Waals surface area contributed by atoms with Gasteiger partial charge < -0.3 is 5.32 Å². The summed E-state index contributed by atoms with van der Waals surface area (Å²) in [5.41, 5.74) is 0.390. The summed E-state index contributed by atoms with van der Waals surface area (Å²) >= 11 is 1.45. The monoisotopic (exact) mass is 276 g/mol. The first-order valence-electron chi connectivity index (χ1n) is 5.28. The quantitative estimate of drug-likeness (QED) is 0.868. The summed E-state index contributed by atoms with van der Waals surface area (Å²) < 4.78 is 22.4. The third-order valence-electron chi connectivity index (χ3n) is 2.26. The average Bonchev–Trinajstić information content (AvgIpc) is 2.57. The molecule has 1 aromatic rings. The van der Waals surface area contributed by atoms with Crippen molar-refractivity contribution in [2.75, 3.05) is 18.1 Å². The SMILES string of the molecule is CCS(=O)(=O)CCNC(=O)c1nc(C)sc1C. The molecule has 17 heavy (non-hydrogen) atoms. The Labute approximate surface area is 105 Å². The van der Waals surface area contributed by atoms with Crippen LogP contribution in [0.4, 0.5) is 0 Å². The number of hydrogen-bond acceptors (Lipinski definition) is 5. The number of amides is 1. The number of thiazole rings is 1. The highest BCUT2D eigenvalue weighted by Crippen LogP contribution is 2.15. The number of carbonyl (C=O) groups is 1. The number of sulfone groups is 1. The third-order valence-corrected chi connectivity index (χ3v) is 4.85. The van der Waals surface area contributed by atoms with Crippen LogP contribution in [0.3, 0.4) is 0 Å². The first kappa shape index (κ1) is 14.1. The summed E-state index contributed by atoms with van der Waals surface area (Å²) in [6.45, 7) is 5.37. The number of nitrogens with one attached hydrogen (secondary N) is 1. The van der Waals surface area contributed by atoms with Crippen molar-refractivity contribution in [3.05, 3.63) is 15.6 Å². The van der Waals surface area contributed by atoms with Crippen molar-refractivity contribution in [2.45, 2.75) is 20.8 Å². The molecule has 7 heteroatoms. The molecule has 1 N–H and O–H groups in total. The summed E-state index contributed by atoms with van der Waals surface area (Å²) in [7, 11) is -3.03. The fourth-order valence-corrected chi connectivity index (χ4v) is 2.80. The smallest absolute Gasteiger partial charge is 0.271 e. The number of nitrogens with zero attached hydrogens (tertiary/aromatic N) is 1. The van der Waals surface area contributed by atoms with Crippen LogP contribution in [0, 0.1) is 13.8 Å². The topological polar surface area (TPSA) is 76.1 Å². The summed E-state index contributed by atoms with van der Waals surface area (Å²) in [5, 5.41) is 3.40. The maximum atomic E-state index is 11.7. The van der Waals surface area contributed by atoms with Gasteiger partial charge in [0.05, 0.1) is 10.8 Å². The molecule has 0 aliphatic carbocycles. The molecule has 0 unspecified atom stereocenters. The molecule has 0 atom stereocenters. The Hall–Kier alpha value is -0.950. The van der Waals surface area contributed by atoms with Crippen LogP contribution < -0.4 is 5.32 Å². The van der Waals surface area contributed by atoms with Gasteiger partial charge in [0.1, 0.15) is 5.69 Å². The van der Waals surface area contributed by atoms with Crippen LogP contribution in [0.5, 0.6) is 0 Å².